The third-order valence-electron chi connectivity index (χ3n) is 4.37. The molecule has 1 aromatic rings. The van der Waals surface area contributed by atoms with Crippen LogP contribution in [0.25, 0.3) is 0 Å². The van der Waals surface area contributed by atoms with Crippen molar-refractivity contribution in [1.29, 1.82) is 0 Å². The normalized spacial score (nSPS) is 35.1. The molecule has 0 radical (unpaired) electrons. The molecule has 0 atom stereocenters. The first-order chi connectivity index (χ1) is 6.78. The maximum atomic E-state index is 2.41. The lowest BCUT2D eigenvalue weighted by molar-refractivity contribution is 0.419. The number of aryl methyl sites for hydroxylation is 1. The molecule has 14 heavy (non-hydrogen) atoms. The predicted octanol–water partition coefficient (Wildman–Crippen LogP) is 3.83. The van der Waals surface area contributed by atoms with Gasteiger partial charge in [0.05, 0.1) is 0 Å². The lowest BCUT2D eigenvalue weighted by Crippen LogP contribution is -2.19. The second kappa shape index (κ2) is 2.85. The summed E-state index contributed by atoms with van der Waals surface area (Å²) in [5.41, 5.74) is 3.64. The van der Waals surface area contributed by atoms with E-state index in [1.54, 1.807) is 5.56 Å². The summed E-state index contributed by atoms with van der Waals surface area (Å²) >= 11 is 0. The van der Waals surface area contributed by atoms with Crippen LogP contribution < -0.4 is 0 Å². The van der Waals surface area contributed by atoms with Crippen molar-refractivity contribution in [2.24, 2.45) is 5.92 Å². The highest BCUT2D eigenvalue weighted by Crippen LogP contribution is 2.55. The van der Waals surface area contributed by atoms with Crippen LogP contribution in [-0.2, 0) is 5.41 Å². The van der Waals surface area contributed by atoms with Gasteiger partial charge in [0, 0.05) is 0 Å². The number of fused-ring (bicyclic) bond motifs is 2. The summed E-state index contributed by atoms with van der Waals surface area (Å²) in [6, 6.07) is 9.20. The van der Waals surface area contributed by atoms with Gasteiger partial charge >= 0.3 is 0 Å². The third kappa shape index (κ3) is 1.13. The SMILES string of the molecule is Cc1cccc(C23CCC(CC2)C3)c1. The summed E-state index contributed by atoms with van der Waals surface area (Å²) in [7, 11) is 0. The monoisotopic (exact) mass is 186 g/mol. The largest absolute Gasteiger partial charge is 0.0617 e. The van der Waals surface area contributed by atoms with Crippen LogP contribution in [0.4, 0.5) is 0 Å². The first-order valence-electron chi connectivity index (χ1n) is 5.86. The Labute approximate surface area is 86.3 Å². The van der Waals surface area contributed by atoms with E-state index in [0.717, 1.165) is 5.92 Å². The molecule has 0 aliphatic heterocycles. The average Bonchev–Trinajstić information content (AvgIpc) is 2.78. The summed E-state index contributed by atoms with van der Waals surface area (Å²) < 4.78 is 0. The highest BCUT2D eigenvalue weighted by atomic mass is 14.5. The Hall–Kier alpha value is -0.780. The van der Waals surface area contributed by atoms with Crippen molar-refractivity contribution in [3.05, 3.63) is 35.4 Å². The van der Waals surface area contributed by atoms with Gasteiger partial charge in [0.25, 0.3) is 0 Å². The topological polar surface area (TPSA) is 0 Å². The van der Waals surface area contributed by atoms with Gasteiger partial charge in [-0.05, 0) is 55.9 Å². The molecular weight excluding hydrogens is 168 g/mol. The Bertz CT molecular complexity index is 343. The van der Waals surface area contributed by atoms with Crippen molar-refractivity contribution in [2.45, 2.75) is 44.4 Å². The lowest BCUT2D eigenvalue weighted by atomic mass is 9.77. The fourth-order valence-corrected chi connectivity index (χ4v) is 3.57. The second-order valence-electron chi connectivity index (χ2n) is 5.30. The predicted molar refractivity (Wildman–Crippen MR) is 59.4 cm³/mol. The van der Waals surface area contributed by atoms with Gasteiger partial charge in [-0.3, -0.25) is 0 Å². The van der Waals surface area contributed by atoms with E-state index in [4.69, 9.17) is 0 Å². The summed E-state index contributed by atoms with van der Waals surface area (Å²) in [4.78, 5) is 0. The summed E-state index contributed by atoms with van der Waals surface area (Å²) in [6.45, 7) is 2.21. The fraction of sp³-hybridized carbons (Fsp3) is 0.571. The smallest absolute Gasteiger partial charge is 0.00440 e. The number of hydrogen-bond acceptors (Lipinski definition) is 0. The minimum Gasteiger partial charge on any atom is -0.0617 e. The standard InChI is InChI=1S/C14H18/c1-11-3-2-4-13(9-11)14-7-5-12(10-14)6-8-14/h2-4,9,12H,5-8,10H2,1H3. The molecule has 74 valence electrons. The van der Waals surface area contributed by atoms with Gasteiger partial charge in [-0.1, -0.05) is 29.8 Å². The Balaban J connectivity index is 2.02. The van der Waals surface area contributed by atoms with Gasteiger partial charge in [-0.25, -0.2) is 0 Å². The van der Waals surface area contributed by atoms with Gasteiger partial charge < -0.3 is 0 Å². The number of rotatable bonds is 1. The molecule has 0 heterocycles. The summed E-state index contributed by atoms with van der Waals surface area (Å²) in [5, 5.41) is 0. The Morgan fingerprint density at radius 3 is 2.57 bits per heavy atom. The summed E-state index contributed by atoms with van der Waals surface area (Å²) in [6.07, 6.45) is 7.32. The highest BCUT2D eigenvalue weighted by Gasteiger charge is 2.45. The Morgan fingerprint density at radius 2 is 2.00 bits per heavy atom. The zero-order valence-electron chi connectivity index (χ0n) is 8.92. The lowest BCUT2D eigenvalue weighted by Gasteiger charge is -2.27. The van der Waals surface area contributed by atoms with Crippen LogP contribution in [-0.4, -0.2) is 0 Å². The fourth-order valence-electron chi connectivity index (χ4n) is 3.57. The van der Waals surface area contributed by atoms with Crippen LogP contribution in [0.15, 0.2) is 24.3 Å². The zero-order valence-corrected chi connectivity index (χ0v) is 8.92. The number of hydrogen-bond donors (Lipinski definition) is 0. The molecule has 0 spiro atoms. The van der Waals surface area contributed by atoms with Crippen molar-refractivity contribution < 1.29 is 0 Å². The maximum absolute atomic E-state index is 2.41. The van der Waals surface area contributed by atoms with Crippen molar-refractivity contribution in [2.75, 3.05) is 0 Å². The highest BCUT2D eigenvalue weighted by molar-refractivity contribution is 5.32. The van der Waals surface area contributed by atoms with E-state index in [9.17, 15) is 0 Å². The Morgan fingerprint density at radius 1 is 1.21 bits per heavy atom. The van der Waals surface area contributed by atoms with E-state index < -0.39 is 0 Å². The molecule has 0 nitrogen and oxygen atoms in total. The van der Waals surface area contributed by atoms with Crippen LogP contribution in [0.5, 0.6) is 0 Å². The number of benzene rings is 1. The van der Waals surface area contributed by atoms with Crippen LogP contribution in [0, 0.1) is 12.8 Å². The average molecular weight is 186 g/mol. The molecule has 2 aliphatic rings. The molecular formula is C14H18. The molecule has 2 aliphatic carbocycles. The van der Waals surface area contributed by atoms with Crippen LogP contribution in [0.3, 0.4) is 0 Å². The van der Waals surface area contributed by atoms with E-state index >= 15 is 0 Å². The van der Waals surface area contributed by atoms with Crippen molar-refractivity contribution in [3.8, 4) is 0 Å². The van der Waals surface area contributed by atoms with E-state index in [1.165, 1.54) is 37.7 Å². The quantitative estimate of drug-likeness (QED) is 0.625. The minimum absolute atomic E-state index is 0.594. The van der Waals surface area contributed by atoms with E-state index in [2.05, 4.69) is 31.2 Å². The first-order valence-corrected chi connectivity index (χ1v) is 5.86. The van der Waals surface area contributed by atoms with E-state index in [0.29, 0.717) is 5.41 Å². The molecule has 0 amide bonds. The van der Waals surface area contributed by atoms with Crippen LogP contribution >= 0.6 is 0 Å². The molecule has 2 bridgehead atoms. The van der Waals surface area contributed by atoms with Gasteiger partial charge in [0.1, 0.15) is 0 Å². The van der Waals surface area contributed by atoms with Gasteiger partial charge in [-0.2, -0.15) is 0 Å². The zero-order chi connectivity index (χ0) is 9.60. The molecule has 0 aromatic heterocycles. The molecule has 1 aromatic carbocycles. The maximum Gasteiger partial charge on any atom is -0.00440 e. The van der Waals surface area contributed by atoms with Gasteiger partial charge in [-0.15, -0.1) is 0 Å². The molecule has 0 heteroatoms. The molecule has 0 unspecified atom stereocenters. The minimum atomic E-state index is 0.594. The van der Waals surface area contributed by atoms with Gasteiger partial charge in [0.15, 0.2) is 0 Å². The molecule has 0 N–H and O–H groups in total. The van der Waals surface area contributed by atoms with Crippen molar-refractivity contribution in [3.63, 3.8) is 0 Å². The third-order valence-corrected chi connectivity index (χ3v) is 4.37. The Kier molecular flexibility index (Phi) is 1.74. The molecule has 0 saturated heterocycles. The second-order valence-corrected chi connectivity index (χ2v) is 5.30. The van der Waals surface area contributed by atoms with E-state index in [1.807, 2.05) is 0 Å². The molecule has 2 saturated carbocycles. The van der Waals surface area contributed by atoms with Crippen LogP contribution in [0.2, 0.25) is 0 Å². The van der Waals surface area contributed by atoms with Gasteiger partial charge in [0.2, 0.25) is 0 Å². The first kappa shape index (κ1) is 8.52. The molecule has 3 rings (SSSR count). The van der Waals surface area contributed by atoms with Crippen molar-refractivity contribution in [1.82, 2.24) is 0 Å². The van der Waals surface area contributed by atoms with Crippen LogP contribution in [0.1, 0.15) is 43.2 Å². The van der Waals surface area contributed by atoms with Crippen molar-refractivity contribution >= 4 is 0 Å². The summed E-state index contributed by atoms with van der Waals surface area (Å²) in [5.74, 6) is 1.05. The molecule has 2 fully saturated rings. The van der Waals surface area contributed by atoms with E-state index in [-0.39, 0.29) is 0 Å².